The number of aromatic nitrogens is 1. The van der Waals surface area contributed by atoms with Crippen LogP contribution in [0.5, 0.6) is 0 Å². The molecular weight excluding hydrogens is 380 g/mol. The Bertz CT molecular complexity index is 540. The Balaban J connectivity index is 2.19. The number of hydrogen-bond acceptors (Lipinski definition) is 2. The summed E-state index contributed by atoms with van der Waals surface area (Å²) in [4.78, 5) is 4.53. The topological polar surface area (TPSA) is 24.9 Å². The van der Waals surface area contributed by atoms with E-state index in [0.717, 1.165) is 34.0 Å². The SMILES string of the molecule is CCCNC(Cc1ccccc1Br)c1ccc(Br)cn1. The van der Waals surface area contributed by atoms with E-state index in [1.165, 1.54) is 5.56 Å². The van der Waals surface area contributed by atoms with Crippen molar-refractivity contribution in [3.63, 3.8) is 0 Å². The molecule has 0 bridgehead atoms. The van der Waals surface area contributed by atoms with Crippen molar-refractivity contribution in [2.45, 2.75) is 25.8 Å². The van der Waals surface area contributed by atoms with Gasteiger partial charge in [-0.2, -0.15) is 0 Å². The third kappa shape index (κ3) is 4.40. The van der Waals surface area contributed by atoms with Gasteiger partial charge in [-0.25, -0.2) is 0 Å². The maximum atomic E-state index is 4.53. The molecule has 0 radical (unpaired) electrons. The van der Waals surface area contributed by atoms with Crippen LogP contribution in [0.25, 0.3) is 0 Å². The molecule has 2 aromatic rings. The van der Waals surface area contributed by atoms with Crippen LogP contribution in [-0.2, 0) is 6.42 Å². The van der Waals surface area contributed by atoms with Crippen LogP contribution < -0.4 is 5.32 Å². The van der Waals surface area contributed by atoms with Crippen molar-refractivity contribution >= 4 is 31.9 Å². The van der Waals surface area contributed by atoms with Gasteiger partial charge in [0.05, 0.1) is 11.7 Å². The van der Waals surface area contributed by atoms with Crippen molar-refractivity contribution in [2.24, 2.45) is 0 Å². The predicted octanol–water partition coefficient (Wildman–Crippen LogP) is 4.89. The fraction of sp³-hybridized carbons (Fsp3) is 0.312. The average molecular weight is 398 g/mol. The standard InChI is InChI=1S/C16H18Br2N2/c1-2-9-19-16(15-8-7-13(17)11-20-15)10-12-5-3-4-6-14(12)18/h3-8,11,16,19H,2,9-10H2,1H3. The van der Waals surface area contributed by atoms with Crippen molar-refractivity contribution in [2.75, 3.05) is 6.54 Å². The summed E-state index contributed by atoms with van der Waals surface area (Å²) in [7, 11) is 0. The van der Waals surface area contributed by atoms with Gasteiger partial charge in [-0.1, -0.05) is 41.1 Å². The molecule has 20 heavy (non-hydrogen) atoms. The third-order valence-electron chi connectivity index (χ3n) is 3.13. The molecule has 1 heterocycles. The van der Waals surface area contributed by atoms with Gasteiger partial charge in [0, 0.05) is 15.1 Å². The van der Waals surface area contributed by atoms with Crippen molar-refractivity contribution in [3.8, 4) is 0 Å². The minimum Gasteiger partial charge on any atom is -0.308 e. The van der Waals surface area contributed by atoms with Gasteiger partial charge in [0.25, 0.3) is 0 Å². The van der Waals surface area contributed by atoms with Gasteiger partial charge in [-0.15, -0.1) is 0 Å². The first kappa shape index (κ1) is 15.7. The molecule has 4 heteroatoms. The maximum absolute atomic E-state index is 4.53. The molecule has 0 spiro atoms. The van der Waals surface area contributed by atoms with Crippen LogP contribution in [0.4, 0.5) is 0 Å². The summed E-state index contributed by atoms with van der Waals surface area (Å²) in [5, 5.41) is 3.58. The zero-order valence-electron chi connectivity index (χ0n) is 11.4. The molecule has 2 nitrogen and oxygen atoms in total. The lowest BCUT2D eigenvalue weighted by molar-refractivity contribution is 0.517. The van der Waals surface area contributed by atoms with Crippen LogP contribution >= 0.6 is 31.9 Å². The monoisotopic (exact) mass is 396 g/mol. The van der Waals surface area contributed by atoms with Crippen molar-refractivity contribution in [3.05, 3.63) is 62.8 Å². The Morgan fingerprint density at radius 1 is 1.15 bits per heavy atom. The molecule has 1 aromatic heterocycles. The van der Waals surface area contributed by atoms with Crippen molar-refractivity contribution in [1.82, 2.24) is 10.3 Å². The number of benzene rings is 1. The van der Waals surface area contributed by atoms with Gasteiger partial charge in [0.15, 0.2) is 0 Å². The minimum absolute atomic E-state index is 0.238. The van der Waals surface area contributed by atoms with E-state index in [-0.39, 0.29) is 6.04 Å². The van der Waals surface area contributed by atoms with Gasteiger partial charge in [-0.3, -0.25) is 4.98 Å². The molecule has 0 fully saturated rings. The summed E-state index contributed by atoms with van der Waals surface area (Å²) >= 11 is 7.06. The molecule has 0 aliphatic heterocycles. The fourth-order valence-corrected chi connectivity index (χ4v) is 2.76. The van der Waals surface area contributed by atoms with Crippen molar-refractivity contribution < 1.29 is 0 Å². The summed E-state index contributed by atoms with van der Waals surface area (Å²) in [6.45, 7) is 3.17. The molecule has 1 atom stereocenters. The van der Waals surface area contributed by atoms with E-state index in [1.807, 2.05) is 18.3 Å². The van der Waals surface area contributed by atoms with Crippen LogP contribution in [0, 0.1) is 0 Å². The second kappa shape index (κ2) is 7.91. The van der Waals surface area contributed by atoms with E-state index >= 15 is 0 Å². The highest BCUT2D eigenvalue weighted by atomic mass is 79.9. The zero-order valence-corrected chi connectivity index (χ0v) is 14.6. The summed E-state index contributed by atoms with van der Waals surface area (Å²) in [6, 6.07) is 12.7. The predicted molar refractivity (Wildman–Crippen MR) is 90.8 cm³/mol. The lowest BCUT2D eigenvalue weighted by Gasteiger charge is -2.19. The highest BCUT2D eigenvalue weighted by Gasteiger charge is 2.14. The Labute approximate surface area is 137 Å². The number of nitrogens with zero attached hydrogens (tertiary/aromatic N) is 1. The smallest absolute Gasteiger partial charge is 0.0577 e. The van der Waals surface area contributed by atoms with Crippen LogP contribution in [0.15, 0.2) is 51.5 Å². The lowest BCUT2D eigenvalue weighted by atomic mass is 10.0. The summed E-state index contributed by atoms with van der Waals surface area (Å²) in [5.74, 6) is 0. The van der Waals surface area contributed by atoms with Crippen LogP contribution in [0.2, 0.25) is 0 Å². The second-order valence-corrected chi connectivity index (χ2v) is 6.47. The van der Waals surface area contributed by atoms with Gasteiger partial charge >= 0.3 is 0 Å². The van der Waals surface area contributed by atoms with E-state index in [0.29, 0.717) is 0 Å². The van der Waals surface area contributed by atoms with Crippen LogP contribution in [0.3, 0.4) is 0 Å². The molecule has 106 valence electrons. The van der Waals surface area contributed by atoms with E-state index < -0.39 is 0 Å². The number of hydrogen-bond donors (Lipinski definition) is 1. The largest absolute Gasteiger partial charge is 0.308 e. The highest BCUT2D eigenvalue weighted by Crippen LogP contribution is 2.23. The third-order valence-corrected chi connectivity index (χ3v) is 4.37. The molecule has 1 N–H and O–H groups in total. The lowest BCUT2D eigenvalue weighted by Crippen LogP contribution is -2.25. The number of halogens is 2. The van der Waals surface area contributed by atoms with E-state index in [9.17, 15) is 0 Å². The molecule has 0 aliphatic carbocycles. The number of pyridine rings is 1. The zero-order chi connectivity index (χ0) is 14.4. The summed E-state index contributed by atoms with van der Waals surface area (Å²) in [6.07, 6.45) is 3.90. The molecule has 0 saturated carbocycles. The molecular formula is C16H18Br2N2. The molecule has 2 rings (SSSR count). The molecule has 0 saturated heterocycles. The van der Waals surface area contributed by atoms with Gasteiger partial charge in [0.2, 0.25) is 0 Å². The number of nitrogens with one attached hydrogen (secondary N) is 1. The highest BCUT2D eigenvalue weighted by molar-refractivity contribution is 9.10. The molecule has 0 amide bonds. The summed E-state index contributed by atoms with van der Waals surface area (Å²) < 4.78 is 2.16. The first-order valence-electron chi connectivity index (χ1n) is 6.79. The summed E-state index contributed by atoms with van der Waals surface area (Å²) in [5.41, 5.74) is 2.38. The Morgan fingerprint density at radius 2 is 1.95 bits per heavy atom. The van der Waals surface area contributed by atoms with Gasteiger partial charge < -0.3 is 5.32 Å². The van der Waals surface area contributed by atoms with E-state index in [2.05, 4.69) is 73.3 Å². The molecule has 0 aliphatic rings. The average Bonchev–Trinajstić information content (AvgIpc) is 2.46. The molecule has 1 aromatic carbocycles. The Hall–Kier alpha value is -0.710. The maximum Gasteiger partial charge on any atom is 0.0577 e. The normalized spacial score (nSPS) is 12.3. The second-order valence-electron chi connectivity index (χ2n) is 4.70. The van der Waals surface area contributed by atoms with Gasteiger partial charge in [-0.05, 0) is 59.1 Å². The van der Waals surface area contributed by atoms with Gasteiger partial charge in [0.1, 0.15) is 0 Å². The van der Waals surface area contributed by atoms with Crippen molar-refractivity contribution in [1.29, 1.82) is 0 Å². The molecule has 1 unspecified atom stereocenters. The minimum atomic E-state index is 0.238. The number of rotatable bonds is 6. The van der Waals surface area contributed by atoms with E-state index in [1.54, 1.807) is 0 Å². The first-order valence-corrected chi connectivity index (χ1v) is 8.37. The Kier molecular flexibility index (Phi) is 6.20. The Morgan fingerprint density at radius 3 is 2.60 bits per heavy atom. The fourth-order valence-electron chi connectivity index (χ4n) is 2.08. The quantitative estimate of drug-likeness (QED) is 0.750. The van der Waals surface area contributed by atoms with E-state index in [4.69, 9.17) is 0 Å². The van der Waals surface area contributed by atoms with Crippen LogP contribution in [-0.4, -0.2) is 11.5 Å². The first-order chi connectivity index (χ1) is 9.70. The van der Waals surface area contributed by atoms with Crippen LogP contribution in [0.1, 0.15) is 30.6 Å².